The van der Waals surface area contributed by atoms with Gasteiger partial charge in [-0.05, 0) is 12.2 Å². The number of carbonyl (C=O) groups is 1. The summed E-state index contributed by atoms with van der Waals surface area (Å²) in [5.74, 6) is 0.631. The van der Waals surface area contributed by atoms with Gasteiger partial charge in [0, 0.05) is 12.9 Å². The number of carboxylic acid groups (broad SMARTS) is 1. The summed E-state index contributed by atoms with van der Waals surface area (Å²) in [6.07, 6.45) is 0.486. The number of nitrogens with two attached hydrogens (primary N) is 1. The standard InChI is InChI=1S/C11H23NO5S/c1-15-3-4-16-5-6-17-7-9-18-8-2-10(12)11(13)14/h10H,2-9,12H2,1H3,(H,13,14). The Labute approximate surface area is 112 Å². The first kappa shape index (κ1) is 17.7. The molecule has 7 heteroatoms. The molecule has 0 spiro atoms. The molecular weight excluding hydrogens is 258 g/mol. The Kier molecular flexibility index (Phi) is 12.9. The van der Waals surface area contributed by atoms with Gasteiger partial charge in [-0.25, -0.2) is 0 Å². The highest BCUT2D eigenvalue weighted by molar-refractivity contribution is 7.99. The number of rotatable bonds is 13. The summed E-state index contributed by atoms with van der Waals surface area (Å²) in [5.41, 5.74) is 5.37. The number of carboxylic acids is 1. The lowest BCUT2D eigenvalue weighted by atomic mass is 10.2. The smallest absolute Gasteiger partial charge is 0.320 e. The fraction of sp³-hybridized carbons (Fsp3) is 0.909. The topological polar surface area (TPSA) is 91.0 Å². The van der Waals surface area contributed by atoms with E-state index in [9.17, 15) is 4.79 Å². The third kappa shape index (κ3) is 12.1. The van der Waals surface area contributed by atoms with Gasteiger partial charge in [0.1, 0.15) is 6.04 Å². The molecule has 0 aromatic heterocycles. The fourth-order valence-electron chi connectivity index (χ4n) is 1.02. The van der Waals surface area contributed by atoms with Crippen LogP contribution >= 0.6 is 11.8 Å². The largest absolute Gasteiger partial charge is 0.480 e. The van der Waals surface area contributed by atoms with E-state index >= 15 is 0 Å². The van der Waals surface area contributed by atoms with Crippen molar-refractivity contribution in [2.75, 3.05) is 51.6 Å². The number of ether oxygens (including phenoxy) is 3. The first-order valence-electron chi connectivity index (χ1n) is 5.89. The molecule has 0 amide bonds. The summed E-state index contributed by atoms with van der Waals surface area (Å²) >= 11 is 1.64. The SMILES string of the molecule is COCCOCCOCCSCCC(N)C(=O)O. The van der Waals surface area contributed by atoms with Gasteiger partial charge in [-0.2, -0.15) is 11.8 Å². The maximum atomic E-state index is 10.4. The molecule has 3 N–H and O–H groups in total. The normalized spacial score (nSPS) is 12.6. The van der Waals surface area contributed by atoms with Crippen LogP contribution in [0.15, 0.2) is 0 Å². The molecule has 0 aliphatic heterocycles. The lowest BCUT2D eigenvalue weighted by Gasteiger charge is -2.07. The first-order valence-corrected chi connectivity index (χ1v) is 7.04. The fourth-order valence-corrected chi connectivity index (χ4v) is 1.88. The van der Waals surface area contributed by atoms with Crippen LogP contribution in [0.5, 0.6) is 0 Å². The average Bonchev–Trinajstić information content (AvgIpc) is 2.35. The molecule has 0 rings (SSSR count). The molecule has 0 aliphatic carbocycles. The second-order valence-electron chi connectivity index (χ2n) is 3.56. The zero-order chi connectivity index (χ0) is 13.6. The van der Waals surface area contributed by atoms with Gasteiger partial charge < -0.3 is 25.1 Å². The van der Waals surface area contributed by atoms with Crippen LogP contribution in [0, 0.1) is 0 Å². The van der Waals surface area contributed by atoms with Crippen molar-refractivity contribution in [2.24, 2.45) is 5.73 Å². The summed E-state index contributed by atoms with van der Waals surface area (Å²) in [7, 11) is 1.63. The van der Waals surface area contributed by atoms with Gasteiger partial charge in [-0.15, -0.1) is 0 Å². The second-order valence-corrected chi connectivity index (χ2v) is 4.79. The highest BCUT2D eigenvalue weighted by Gasteiger charge is 2.09. The molecular formula is C11H23NO5S. The van der Waals surface area contributed by atoms with Crippen LogP contribution in [0.3, 0.4) is 0 Å². The van der Waals surface area contributed by atoms with Crippen molar-refractivity contribution in [3.05, 3.63) is 0 Å². The number of aliphatic carboxylic acids is 1. The summed E-state index contributed by atoms with van der Waals surface area (Å²) < 4.78 is 15.4. The monoisotopic (exact) mass is 281 g/mol. The minimum atomic E-state index is -0.944. The van der Waals surface area contributed by atoms with E-state index in [0.717, 1.165) is 11.5 Å². The molecule has 18 heavy (non-hydrogen) atoms. The van der Waals surface area contributed by atoms with Crippen LogP contribution in [0.1, 0.15) is 6.42 Å². The molecule has 1 unspecified atom stereocenters. The number of hydrogen-bond acceptors (Lipinski definition) is 6. The van der Waals surface area contributed by atoms with Crippen LogP contribution in [0.2, 0.25) is 0 Å². The van der Waals surface area contributed by atoms with Crippen LogP contribution in [0.4, 0.5) is 0 Å². The molecule has 0 saturated carbocycles. The van der Waals surface area contributed by atoms with E-state index in [1.807, 2.05) is 0 Å². The summed E-state index contributed by atoms with van der Waals surface area (Å²) in [4.78, 5) is 10.4. The van der Waals surface area contributed by atoms with E-state index in [1.165, 1.54) is 0 Å². The number of thioether (sulfide) groups is 1. The van der Waals surface area contributed by atoms with Crippen molar-refractivity contribution >= 4 is 17.7 Å². The molecule has 0 aliphatic rings. The quantitative estimate of drug-likeness (QED) is 0.466. The van der Waals surface area contributed by atoms with Gasteiger partial charge in [0.2, 0.25) is 0 Å². The summed E-state index contributed by atoms with van der Waals surface area (Å²) in [5, 5.41) is 8.56. The van der Waals surface area contributed by atoms with Crippen molar-refractivity contribution in [3.63, 3.8) is 0 Å². The molecule has 0 bridgehead atoms. The molecule has 1 atom stereocenters. The molecule has 108 valence electrons. The Morgan fingerprint density at radius 3 is 2.39 bits per heavy atom. The first-order chi connectivity index (χ1) is 8.68. The van der Waals surface area contributed by atoms with Gasteiger partial charge in [-0.1, -0.05) is 0 Å². The maximum Gasteiger partial charge on any atom is 0.320 e. The minimum Gasteiger partial charge on any atom is -0.480 e. The lowest BCUT2D eigenvalue weighted by molar-refractivity contribution is -0.138. The summed E-state index contributed by atoms with van der Waals surface area (Å²) in [6.45, 7) is 2.96. The van der Waals surface area contributed by atoms with Gasteiger partial charge in [0.15, 0.2) is 0 Å². The highest BCUT2D eigenvalue weighted by atomic mass is 32.2. The van der Waals surface area contributed by atoms with Gasteiger partial charge in [-0.3, -0.25) is 4.79 Å². The maximum absolute atomic E-state index is 10.4. The van der Waals surface area contributed by atoms with E-state index in [2.05, 4.69) is 0 Å². The molecule has 0 fully saturated rings. The molecule has 0 radical (unpaired) electrons. The predicted molar refractivity (Wildman–Crippen MR) is 71.1 cm³/mol. The van der Waals surface area contributed by atoms with E-state index in [4.69, 9.17) is 25.1 Å². The van der Waals surface area contributed by atoms with E-state index in [0.29, 0.717) is 39.5 Å². The zero-order valence-corrected chi connectivity index (χ0v) is 11.6. The molecule has 0 aromatic carbocycles. The van der Waals surface area contributed by atoms with Crippen molar-refractivity contribution in [1.82, 2.24) is 0 Å². The highest BCUT2D eigenvalue weighted by Crippen LogP contribution is 2.03. The third-order valence-corrected chi connectivity index (χ3v) is 3.05. The predicted octanol–water partition coefficient (Wildman–Crippen LogP) is 0.201. The number of hydrogen-bond donors (Lipinski definition) is 2. The number of methoxy groups -OCH3 is 1. The average molecular weight is 281 g/mol. The van der Waals surface area contributed by atoms with Crippen molar-refractivity contribution in [1.29, 1.82) is 0 Å². The van der Waals surface area contributed by atoms with E-state index in [1.54, 1.807) is 18.9 Å². The third-order valence-electron chi connectivity index (χ3n) is 2.07. The molecule has 0 heterocycles. The van der Waals surface area contributed by atoms with E-state index < -0.39 is 12.0 Å². The van der Waals surface area contributed by atoms with Crippen molar-refractivity contribution in [3.8, 4) is 0 Å². The lowest BCUT2D eigenvalue weighted by Crippen LogP contribution is -2.30. The minimum absolute atomic E-state index is 0.486. The van der Waals surface area contributed by atoms with Crippen LogP contribution in [-0.4, -0.2) is 68.8 Å². The van der Waals surface area contributed by atoms with Crippen LogP contribution in [-0.2, 0) is 19.0 Å². The van der Waals surface area contributed by atoms with Crippen molar-refractivity contribution in [2.45, 2.75) is 12.5 Å². The Morgan fingerprint density at radius 2 is 1.78 bits per heavy atom. The van der Waals surface area contributed by atoms with Gasteiger partial charge in [0.05, 0.1) is 33.0 Å². The summed E-state index contributed by atoms with van der Waals surface area (Å²) in [6, 6.07) is -0.757. The molecule has 0 saturated heterocycles. The van der Waals surface area contributed by atoms with Crippen LogP contribution < -0.4 is 5.73 Å². The van der Waals surface area contributed by atoms with Gasteiger partial charge in [0.25, 0.3) is 0 Å². The second kappa shape index (κ2) is 13.1. The molecule has 0 aromatic rings. The van der Waals surface area contributed by atoms with E-state index in [-0.39, 0.29) is 0 Å². The van der Waals surface area contributed by atoms with Crippen LogP contribution in [0.25, 0.3) is 0 Å². The Balaban J connectivity index is 3.05. The zero-order valence-electron chi connectivity index (χ0n) is 10.8. The Morgan fingerprint density at radius 1 is 1.17 bits per heavy atom. The Hall–Kier alpha value is -0.340. The van der Waals surface area contributed by atoms with Crippen molar-refractivity contribution < 1.29 is 24.1 Å². The molecule has 6 nitrogen and oxygen atoms in total. The van der Waals surface area contributed by atoms with Gasteiger partial charge >= 0.3 is 5.97 Å². The Bertz CT molecular complexity index is 206.